The second-order valence-electron chi connectivity index (χ2n) is 6.69. The Hall–Kier alpha value is -2.63. The third-order valence-electron chi connectivity index (χ3n) is 4.17. The summed E-state index contributed by atoms with van der Waals surface area (Å²) in [5.41, 5.74) is 1.64. The number of rotatable bonds is 5. The predicted octanol–water partition coefficient (Wildman–Crippen LogP) is 2.70. The van der Waals surface area contributed by atoms with E-state index in [0.29, 0.717) is 11.6 Å². The van der Waals surface area contributed by atoms with E-state index < -0.39 is 0 Å². The fraction of sp³-hybridized carbons (Fsp3) is 0.421. The zero-order valence-electron chi connectivity index (χ0n) is 14.8. The number of anilines is 2. The molecule has 132 valence electrons. The van der Waals surface area contributed by atoms with Gasteiger partial charge in [-0.3, -0.25) is 4.79 Å². The zero-order chi connectivity index (χ0) is 17.6. The second kappa shape index (κ2) is 7.96. The van der Waals surface area contributed by atoms with E-state index >= 15 is 0 Å². The Bertz CT molecular complexity index is 704. The predicted molar refractivity (Wildman–Crippen MR) is 99.9 cm³/mol. The van der Waals surface area contributed by atoms with Crippen LogP contribution in [0.5, 0.6) is 0 Å². The van der Waals surface area contributed by atoms with Gasteiger partial charge in [0.15, 0.2) is 0 Å². The Balaban J connectivity index is 1.62. The van der Waals surface area contributed by atoms with Crippen LogP contribution in [-0.2, 0) is 0 Å². The van der Waals surface area contributed by atoms with E-state index in [2.05, 4.69) is 39.3 Å². The number of carbonyl (C=O) groups excluding carboxylic acids is 1. The average molecular weight is 339 g/mol. The van der Waals surface area contributed by atoms with Crippen molar-refractivity contribution in [3.8, 4) is 0 Å². The normalized spacial score (nSPS) is 17.4. The first-order chi connectivity index (χ1) is 12.1. The number of hydrogen-bond donors (Lipinski definition) is 2. The molecular formula is C19H25N5O. The maximum absolute atomic E-state index is 12.6. The summed E-state index contributed by atoms with van der Waals surface area (Å²) < 4.78 is 0. The van der Waals surface area contributed by atoms with Crippen molar-refractivity contribution in [3.05, 3.63) is 48.3 Å². The summed E-state index contributed by atoms with van der Waals surface area (Å²) >= 11 is 0. The molecule has 3 rings (SSSR count). The van der Waals surface area contributed by atoms with Gasteiger partial charge in [0.25, 0.3) is 5.91 Å². The lowest BCUT2D eigenvalue weighted by molar-refractivity contribution is 0.0933. The fourth-order valence-corrected chi connectivity index (χ4v) is 3.08. The van der Waals surface area contributed by atoms with E-state index in [0.717, 1.165) is 37.6 Å². The van der Waals surface area contributed by atoms with E-state index in [1.165, 1.54) is 0 Å². The smallest absolute Gasteiger partial charge is 0.251 e. The molecule has 1 aromatic heterocycles. The van der Waals surface area contributed by atoms with Gasteiger partial charge in [0.1, 0.15) is 0 Å². The van der Waals surface area contributed by atoms with E-state index in [1.54, 1.807) is 12.4 Å². The lowest BCUT2D eigenvalue weighted by atomic mass is 10.1. The molecule has 1 aliphatic rings. The molecule has 1 saturated heterocycles. The lowest BCUT2D eigenvalue weighted by Crippen LogP contribution is -2.48. The molecule has 0 saturated carbocycles. The number of aromatic nitrogens is 2. The molecule has 0 aliphatic carbocycles. The van der Waals surface area contributed by atoms with Crippen molar-refractivity contribution in [3.63, 3.8) is 0 Å². The average Bonchev–Trinajstić information content (AvgIpc) is 2.62. The summed E-state index contributed by atoms with van der Waals surface area (Å²) in [6, 6.07) is 9.88. The Labute approximate surface area is 148 Å². The van der Waals surface area contributed by atoms with Gasteiger partial charge < -0.3 is 15.5 Å². The SMILES string of the molecule is CC(C)Nc1cccc(C(=O)NC2CCCN(c3ncccn3)C2)c1. The van der Waals surface area contributed by atoms with Crippen molar-refractivity contribution in [2.45, 2.75) is 38.8 Å². The standard InChI is InChI=1S/C19H25N5O/c1-14(2)22-16-7-3-6-15(12-16)18(25)23-17-8-4-11-24(13-17)19-20-9-5-10-21-19/h3,5-7,9-10,12,14,17,22H,4,8,11,13H2,1-2H3,(H,23,25). The molecule has 1 atom stereocenters. The Kier molecular flexibility index (Phi) is 5.48. The van der Waals surface area contributed by atoms with Crippen molar-refractivity contribution in [1.29, 1.82) is 0 Å². The van der Waals surface area contributed by atoms with Crippen LogP contribution in [0.3, 0.4) is 0 Å². The first kappa shape index (κ1) is 17.2. The second-order valence-corrected chi connectivity index (χ2v) is 6.69. The van der Waals surface area contributed by atoms with Crippen LogP contribution >= 0.6 is 0 Å². The van der Waals surface area contributed by atoms with Crippen LogP contribution in [-0.4, -0.2) is 41.0 Å². The van der Waals surface area contributed by atoms with Gasteiger partial charge in [-0.15, -0.1) is 0 Å². The van der Waals surface area contributed by atoms with Gasteiger partial charge in [-0.25, -0.2) is 9.97 Å². The van der Waals surface area contributed by atoms with Gasteiger partial charge in [0, 0.05) is 48.8 Å². The van der Waals surface area contributed by atoms with Crippen molar-refractivity contribution < 1.29 is 4.79 Å². The summed E-state index contributed by atoms with van der Waals surface area (Å²) in [5, 5.41) is 6.48. The molecule has 1 amide bonds. The third-order valence-corrected chi connectivity index (χ3v) is 4.17. The Morgan fingerprint density at radius 3 is 2.80 bits per heavy atom. The molecule has 6 nitrogen and oxygen atoms in total. The molecule has 6 heteroatoms. The van der Waals surface area contributed by atoms with Gasteiger partial charge in [-0.2, -0.15) is 0 Å². The molecule has 2 N–H and O–H groups in total. The van der Waals surface area contributed by atoms with Gasteiger partial charge in [-0.05, 0) is 51.0 Å². The number of piperidine rings is 1. The molecule has 25 heavy (non-hydrogen) atoms. The molecule has 0 spiro atoms. The number of benzene rings is 1. The molecule has 1 fully saturated rings. The maximum Gasteiger partial charge on any atom is 0.251 e. The fourth-order valence-electron chi connectivity index (χ4n) is 3.08. The van der Waals surface area contributed by atoms with Crippen molar-refractivity contribution in [1.82, 2.24) is 15.3 Å². The van der Waals surface area contributed by atoms with Gasteiger partial charge >= 0.3 is 0 Å². The molecule has 1 aliphatic heterocycles. The van der Waals surface area contributed by atoms with Crippen LogP contribution in [0.15, 0.2) is 42.7 Å². The Morgan fingerprint density at radius 2 is 2.04 bits per heavy atom. The third kappa shape index (κ3) is 4.68. The molecule has 0 radical (unpaired) electrons. The van der Waals surface area contributed by atoms with E-state index in [-0.39, 0.29) is 11.9 Å². The minimum absolute atomic E-state index is 0.0340. The van der Waals surface area contributed by atoms with Crippen molar-refractivity contribution in [2.24, 2.45) is 0 Å². The zero-order valence-corrected chi connectivity index (χ0v) is 14.8. The summed E-state index contributed by atoms with van der Waals surface area (Å²) in [7, 11) is 0. The van der Waals surface area contributed by atoms with Crippen LogP contribution in [0.4, 0.5) is 11.6 Å². The molecule has 1 aromatic carbocycles. The summed E-state index contributed by atoms with van der Waals surface area (Å²) in [6.45, 7) is 5.81. The number of carbonyl (C=O) groups is 1. The molecule has 0 bridgehead atoms. The number of hydrogen-bond acceptors (Lipinski definition) is 5. The first-order valence-corrected chi connectivity index (χ1v) is 8.81. The Morgan fingerprint density at radius 1 is 1.24 bits per heavy atom. The van der Waals surface area contributed by atoms with Crippen molar-refractivity contribution >= 4 is 17.5 Å². The summed E-state index contributed by atoms with van der Waals surface area (Å²) in [4.78, 5) is 23.3. The number of nitrogens with zero attached hydrogens (tertiary/aromatic N) is 3. The largest absolute Gasteiger partial charge is 0.383 e. The van der Waals surface area contributed by atoms with Crippen LogP contribution < -0.4 is 15.5 Å². The van der Waals surface area contributed by atoms with E-state index in [1.807, 2.05) is 30.3 Å². The monoisotopic (exact) mass is 339 g/mol. The minimum Gasteiger partial charge on any atom is -0.383 e. The molecule has 1 unspecified atom stereocenters. The highest BCUT2D eigenvalue weighted by molar-refractivity contribution is 5.95. The van der Waals surface area contributed by atoms with Crippen LogP contribution in [0, 0.1) is 0 Å². The summed E-state index contributed by atoms with van der Waals surface area (Å²) in [5.74, 6) is 0.692. The highest BCUT2D eigenvalue weighted by atomic mass is 16.1. The van der Waals surface area contributed by atoms with Crippen LogP contribution in [0.25, 0.3) is 0 Å². The quantitative estimate of drug-likeness (QED) is 0.876. The minimum atomic E-state index is -0.0340. The highest BCUT2D eigenvalue weighted by Crippen LogP contribution is 2.17. The number of nitrogens with one attached hydrogen (secondary N) is 2. The highest BCUT2D eigenvalue weighted by Gasteiger charge is 2.23. The molecule has 2 aromatic rings. The summed E-state index contributed by atoms with van der Waals surface area (Å²) in [6.07, 6.45) is 5.48. The van der Waals surface area contributed by atoms with E-state index in [4.69, 9.17) is 0 Å². The van der Waals surface area contributed by atoms with Crippen molar-refractivity contribution in [2.75, 3.05) is 23.3 Å². The van der Waals surface area contributed by atoms with E-state index in [9.17, 15) is 4.79 Å². The van der Waals surface area contributed by atoms with Crippen LogP contribution in [0.1, 0.15) is 37.0 Å². The van der Waals surface area contributed by atoms with Crippen LogP contribution in [0.2, 0.25) is 0 Å². The number of amides is 1. The molecule has 2 heterocycles. The topological polar surface area (TPSA) is 70.2 Å². The molecular weight excluding hydrogens is 314 g/mol. The lowest BCUT2D eigenvalue weighted by Gasteiger charge is -2.33. The van der Waals surface area contributed by atoms with Gasteiger partial charge in [-0.1, -0.05) is 6.07 Å². The van der Waals surface area contributed by atoms with Gasteiger partial charge in [0.2, 0.25) is 5.95 Å². The maximum atomic E-state index is 12.6. The van der Waals surface area contributed by atoms with Gasteiger partial charge in [0.05, 0.1) is 0 Å². The first-order valence-electron chi connectivity index (χ1n) is 8.81.